The molecule has 10 heteroatoms. The van der Waals surface area contributed by atoms with Crippen molar-refractivity contribution in [1.29, 1.82) is 0 Å². The molecular formula is C32H44ClN3O5S. The lowest BCUT2D eigenvalue weighted by Gasteiger charge is -2.31. The molecule has 0 spiro atoms. The number of methoxy groups -OCH3 is 1. The Kier molecular flexibility index (Phi) is 10.8. The monoisotopic (exact) mass is 617 g/mol. The third-order valence-electron chi connectivity index (χ3n) is 8.18. The number of carbonyl (C=O) groups excluding carboxylic acids is 1. The van der Waals surface area contributed by atoms with Crippen LogP contribution in [0.4, 0.5) is 5.69 Å². The summed E-state index contributed by atoms with van der Waals surface area (Å²) in [7, 11) is -1.83. The maximum Gasteiger partial charge on any atom is 0.286 e. The van der Waals surface area contributed by atoms with E-state index in [-0.39, 0.29) is 29.4 Å². The van der Waals surface area contributed by atoms with Crippen molar-refractivity contribution in [2.24, 2.45) is 15.4 Å². The Morgan fingerprint density at radius 1 is 1.21 bits per heavy atom. The number of ether oxygens (including phenoxy) is 3. The third-order valence-corrected chi connectivity index (χ3v) is 9.79. The second-order valence-electron chi connectivity index (χ2n) is 11.5. The Morgan fingerprint density at radius 2 is 2.00 bits per heavy atom. The van der Waals surface area contributed by atoms with Crippen LogP contribution in [0.25, 0.3) is 0 Å². The molecule has 0 saturated heterocycles. The smallest absolute Gasteiger partial charge is 0.286 e. The Balaban J connectivity index is 1.82. The Bertz CT molecular complexity index is 1420. The predicted molar refractivity (Wildman–Crippen MR) is 169 cm³/mol. The zero-order chi connectivity index (χ0) is 30.5. The number of halogens is 1. The number of amides is 1. The lowest BCUT2D eigenvalue weighted by Crippen LogP contribution is -2.35. The minimum absolute atomic E-state index is 0.0786. The topological polar surface area (TPSA) is 103 Å². The van der Waals surface area contributed by atoms with Gasteiger partial charge in [-0.2, -0.15) is 0 Å². The Labute approximate surface area is 255 Å². The third kappa shape index (κ3) is 7.55. The van der Waals surface area contributed by atoms with Crippen LogP contribution in [0.3, 0.4) is 0 Å². The van der Waals surface area contributed by atoms with Gasteiger partial charge in [0, 0.05) is 31.1 Å². The van der Waals surface area contributed by atoms with Gasteiger partial charge in [0.2, 0.25) is 0 Å². The van der Waals surface area contributed by atoms with Crippen LogP contribution < -0.4 is 14.8 Å². The van der Waals surface area contributed by atoms with Crippen LogP contribution in [0.15, 0.2) is 57.8 Å². The summed E-state index contributed by atoms with van der Waals surface area (Å²) in [5, 5.41) is 6.97. The number of anilines is 1. The zero-order valence-electron chi connectivity index (χ0n) is 25.3. The summed E-state index contributed by atoms with van der Waals surface area (Å²) >= 11 is 6.38. The minimum Gasteiger partial charge on any atom is -0.491 e. The van der Waals surface area contributed by atoms with Crippen molar-refractivity contribution in [2.45, 2.75) is 75.9 Å². The molecule has 4 unspecified atom stereocenters. The highest BCUT2D eigenvalue weighted by Gasteiger charge is 2.32. The quantitative estimate of drug-likeness (QED) is 0.395. The van der Waals surface area contributed by atoms with E-state index in [9.17, 15) is 9.00 Å². The summed E-state index contributed by atoms with van der Waals surface area (Å²) in [4.78, 5) is 15.6. The molecule has 2 bridgehead atoms. The fraction of sp³-hybridized carbons (Fsp3) is 0.531. The summed E-state index contributed by atoms with van der Waals surface area (Å²) in [5.41, 5.74) is 1.92. The van der Waals surface area contributed by atoms with E-state index in [0.29, 0.717) is 25.4 Å². The summed E-state index contributed by atoms with van der Waals surface area (Å²) in [5.74, 6) is 0.312. The molecule has 2 aromatic carbocycles. The van der Waals surface area contributed by atoms with Crippen molar-refractivity contribution in [3.8, 4) is 5.75 Å². The fourth-order valence-electron chi connectivity index (χ4n) is 5.66. The molecule has 2 aromatic rings. The van der Waals surface area contributed by atoms with Crippen molar-refractivity contribution in [1.82, 2.24) is 0 Å². The molecule has 230 valence electrons. The van der Waals surface area contributed by atoms with E-state index in [2.05, 4.69) is 35.2 Å². The number of hydrogen-bond acceptors (Lipinski definition) is 6. The summed E-state index contributed by atoms with van der Waals surface area (Å²) in [6.07, 6.45) is 7.45. The van der Waals surface area contributed by atoms with E-state index in [1.165, 1.54) is 11.1 Å². The molecule has 8 nitrogen and oxygen atoms in total. The van der Waals surface area contributed by atoms with Crippen molar-refractivity contribution in [3.63, 3.8) is 0 Å². The van der Waals surface area contributed by atoms with Crippen LogP contribution in [0, 0.1) is 5.92 Å². The Hall–Kier alpha value is -2.43. The van der Waals surface area contributed by atoms with E-state index in [1.807, 2.05) is 18.2 Å². The Morgan fingerprint density at radius 3 is 2.71 bits per heavy atom. The number of benzene rings is 2. The number of aryl methyl sites for hydroxylation is 1. The lowest BCUT2D eigenvalue weighted by molar-refractivity contribution is -0.137. The van der Waals surface area contributed by atoms with Gasteiger partial charge >= 0.3 is 0 Å². The molecule has 1 amide bonds. The van der Waals surface area contributed by atoms with Gasteiger partial charge in [0.15, 0.2) is 0 Å². The molecule has 2 N–H and O–H groups in total. The fourth-order valence-corrected chi connectivity index (χ4v) is 6.97. The molecule has 2 aliphatic heterocycles. The average molecular weight is 618 g/mol. The van der Waals surface area contributed by atoms with Crippen molar-refractivity contribution in [2.75, 3.05) is 38.3 Å². The number of fused-ring (bicyclic) bond motifs is 1. The molecule has 0 saturated carbocycles. The first-order valence-corrected chi connectivity index (χ1v) is 16.7. The molecule has 0 radical (unpaired) electrons. The summed E-state index contributed by atoms with van der Waals surface area (Å²) in [6.45, 7) is 9.59. The maximum atomic E-state index is 13.7. The highest BCUT2D eigenvalue weighted by molar-refractivity contribution is 7.91. The number of hydrogen-bond donors (Lipinski definition) is 1. The van der Waals surface area contributed by atoms with Gasteiger partial charge in [-0.3, -0.25) is 4.79 Å². The summed E-state index contributed by atoms with van der Waals surface area (Å²) in [6, 6.07) is 11.3. The molecule has 0 aliphatic carbocycles. The van der Waals surface area contributed by atoms with Gasteiger partial charge in [-0.1, -0.05) is 56.5 Å². The molecule has 2 heterocycles. The average Bonchev–Trinajstić information content (AvgIpc) is 3.13. The van der Waals surface area contributed by atoms with Gasteiger partial charge in [-0.15, -0.1) is 4.36 Å². The second kappa shape index (κ2) is 13.9. The number of nitrogens with zero attached hydrogens (tertiary/aromatic N) is 2. The SMILES string of the molecule is CCCc1cc(Cl)ccc1C1COc2ccc3cc2N(CCC(CC)C(OC)/C=C/COC(C)(C)C(=O)N=S3(N)=O)C1. The van der Waals surface area contributed by atoms with E-state index in [4.69, 9.17) is 31.0 Å². The van der Waals surface area contributed by atoms with Gasteiger partial charge < -0.3 is 19.1 Å². The van der Waals surface area contributed by atoms with E-state index in [0.717, 1.165) is 36.4 Å². The van der Waals surface area contributed by atoms with Crippen LogP contribution in [0.1, 0.15) is 64.0 Å². The van der Waals surface area contributed by atoms with E-state index < -0.39 is 21.4 Å². The van der Waals surface area contributed by atoms with E-state index >= 15 is 0 Å². The molecule has 2 aliphatic rings. The van der Waals surface area contributed by atoms with Crippen molar-refractivity contribution >= 4 is 33.1 Å². The first-order chi connectivity index (χ1) is 20.0. The standard InChI is InChI=1S/C32H44ClN3O5S/c1-6-9-23-18-25(33)11-13-27(23)24-20-36-16-15-22(7-2)29(39-5)10-8-17-41-32(3,4)31(37)35-42(34,38)26-12-14-30(40-21-24)28(36)19-26/h8,10-14,18-19,22,24,29H,6-7,9,15-17,20-21H2,1-5H3,(H2,34,35,37,38)/b10-8+. The molecule has 4 rings (SSSR count). The molecular weight excluding hydrogens is 574 g/mol. The highest BCUT2D eigenvalue weighted by atomic mass is 35.5. The van der Waals surface area contributed by atoms with Gasteiger partial charge in [0.25, 0.3) is 5.91 Å². The summed E-state index contributed by atoms with van der Waals surface area (Å²) < 4.78 is 35.7. The van der Waals surface area contributed by atoms with Crippen LogP contribution in [-0.4, -0.2) is 55.2 Å². The van der Waals surface area contributed by atoms with Crippen LogP contribution >= 0.6 is 11.6 Å². The minimum atomic E-state index is -3.55. The first kappa shape index (κ1) is 32.5. The van der Waals surface area contributed by atoms with Gasteiger partial charge in [-0.05, 0) is 74.1 Å². The van der Waals surface area contributed by atoms with Crippen molar-refractivity contribution in [3.05, 3.63) is 64.7 Å². The maximum absolute atomic E-state index is 13.7. The molecule has 0 aromatic heterocycles. The normalized spacial score (nSPS) is 27.5. The van der Waals surface area contributed by atoms with Crippen molar-refractivity contribution < 1.29 is 23.2 Å². The van der Waals surface area contributed by atoms with Gasteiger partial charge in [0.1, 0.15) is 21.3 Å². The van der Waals surface area contributed by atoms with Crippen LogP contribution in [0.5, 0.6) is 5.75 Å². The number of rotatable bonds is 5. The molecule has 0 fully saturated rings. The first-order valence-electron chi connectivity index (χ1n) is 14.7. The van der Waals surface area contributed by atoms with Crippen LogP contribution in [0.2, 0.25) is 5.02 Å². The van der Waals surface area contributed by atoms with E-state index in [1.54, 1.807) is 39.2 Å². The largest absolute Gasteiger partial charge is 0.491 e. The highest BCUT2D eigenvalue weighted by Crippen LogP contribution is 2.38. The van der Waals surface area contributed by atoms with Gasteiger partial charge in [0.05, 0.1) is 29.9 Å². The second-order valence-corrected chi connectivity index (χ2v) is 13.8. The molecule has 42 heavy (non-hydrogen) atoms. The predicted octanol–water partition coefficient (Wildman–Crippen LogP) is 6.30. The van der Waals surface area contributed by atoms with Crippen LogP contribution in [-0.2, 0) is 30.6 Å². The molecule has 4 atom stereocenters. The zero-order valence-corrected chi connectivity index (χ0v) is 26.9. The number of nitrogens with two attached hydrogens (primary N) is 1. The lowest BCUT2D eigenvalue weighted by atomic mass is 9.91. The number of carbonyl (C=O) groups is 1. The van der Waals surface area contributed by atoms with Gasteiger partial charge in [-0.25, -0.2) is 9.35 Å².